The van der Waals surface area contributed by atoms with Crippen LogP contribution in [0.1, 0.15) is 10.4 Å². The summed E-state index contributed by atoms with van der Waals surface area (Å²) in [4.78, 5) is 32.5. The number of rotatable bonds is 5. The molecule has 10 nitrogen and oxygen atoms in total. The van der Waals surface area contributed by atoms with E-state index in [-0.39, 0.29) is 27.8 Å². The number of carbonyl (C=O) groups is 1. The second kappa shape index (κ2) is 7.98. The average molecular weight is 376 g/mol. The lowest BCUT2D eigenvalue weighted by atomic mass is 10.2. The number of amides is 1. The molecule has 0 aromatic heterocycles. The number of nitro groups is 2. The molecule has 2 rings (SSSR count). The molecule has 0 saturated heterocycles. The number of non-ortho nitro benzene ring substituents is 2. The highest BCUT2D eigenvalue weighted by molar-refractivity contribution is 7.80. The van der Waals surface area contributed by atoms with Crippen molar-refractivity contribution in [2.75, 3.05) is 12.4 Å². The predicted octanol–water partition coefficient (Wildman–Crippen LogP) is 2.64. The first-order chi connectivity index (χ1) is 12.3. The van der Waals surface area contributed by atoms with Crippen molar-refractivity contribution in [3.8, 4) is 5.75 Å². The minimum Gasteiger partial charge on any atom is -0.494 e. The number of carbonyl (C=O) groups excluding carboxylic acids is 1. The van der Waals surface area contributed by atoms with Crippen molar-refractivity contribution in [1.29, 1.82) is 0 Å². The van der Waals surface area contributed by atoms with Crippen LogP contribution in [0.2, 0.25) is 0 Å². The van der Waals surface area contributed by atoms with Gasteiger partial charge in [-0.2, -0.15) is 0 Å². The van der Waals surface area contributed by atoms with Crippen molar-refractivity contribution in [3.63, 3.8) is 0 Å². The van der Waals surface area contributed by atoms with Crippen molar-refractivity contribution in [3.05, 3.63) is 68.3 Å². The molecule has 1 amide bonds. The van der Waals surface area contributed by atoms with E-state index in [0.717, 1.165) is 6.07 Å². The summed E-state index contributed by atoms with van der Waals surface area (Å²) in [5.74, 6) is -0.488. The summed E-state index contributed by atoms with van der Waals surface area (Å²) in [5.41, 5.74) is -0.0334. The fraction of sp³-hybridized carbons (Fsp3) is 0.0667. The monoisotopic (exact) mass is 376 g/mol. The molecule has 0 aliphatic rings. The molecule has 0 fully saturated rings. The molecular formula is C15H12N4O6S. The molecular weight excluding hydrogens is 364 g/mol. The molecule has 134 valence electrons. The van der Waals surface area contributed by atoms with Crippen molar-refractivity contribution in [2.45, 2.75) is 0 Å². The van der Waals surface area contributed by atoms with E-state index in [2.05, 4.69) is 10.6 Å². The predicted molar refractivity (Wildman–Crippen MR) is 96.4 cm³/mol. The normalized spacial score (nSPS) is 9.88. The maximum atomic E-state index is 12.1. The molecule has 0 heterocycles. The molecule has 2 aromatic carbocycles. The maximum Gasteiger partial charge on any atom is 0.273 e. The second-order valence-electron chi connectivity index (χ2n) is 4.86. The van der Waals surface area contributed by atoms with Gasteiger partial charge in [0.15, 0.2) is 5.11 Å². The third-order valence-electron chi connectivity index (χ3n) is 3.19. The Hall–Kier alpha value is -3.60. The molecule has 0 bridgehead atoms. The highest BCUT2D eigenvalue weighted by Gasteiger charge is 2.15. The molecule has 0 unspecified atom stereocenters. The van der Waals surface area contributed by atoms with Gasteiger partial charge in [-0.1, -0.05) is 6.07 Å². The fourth-order valence-electron chi connectivity index (χ4n) is 1.99. The standard InChI is InChI=1S/C15H12N4O6S/c1-25-13-8-11(19(23)24)5-6-12(13)16-15(26)17-14(20)9-3-2-4-10(7-9)18(21)22/h2-8H,1H3,(H2,16,17,20,26). The Balaban J connectivity index is 2.11. The topological polar surface area (TPSA) is 137 Å². The first-order valence-electron chi connectivity index (χ1n) is 7.01. The van der Waals surface area contributed by atoms with E-state index in [0.29, 0.717) is 5.69 Å². The summed E-state index contributed by atoms with van der Waals surface area (Å²) in [7, 11) is 1.33. The number of ether oxygens (including phenoxy) is 1. The number of anilines is 1. The summed E-state index contributed by atoms with van der Waals surface area (Å²) >= 11 is 5.02. The number of nitro benzene ring substituents is 2. The van der Waals surface area contributed by atoms with E-state index in [9.17, 15) is 25.0 Å². The first kappa shape index (κ1) is 18.7. The van der Waals surface area contributed by atoms with Crippen LogP contribution < -0.4 is 15.4 Å². The van der Waals surface area contributed by atoms with Gasteiger partial charge >= 0.3 is 0 Å². The van der Waals surface area contributed by atoms with E-state index in [1.165, 1.54) is 43.5 Å². The van der Waals surface area contributed by atoms with E-state index in [1.54, 1.807) is 0 Å². The van der Waals surface area contributed by atoms with Gasteiger partial charge in [0.05, 0.1) is 28.7 Å². The van der Waals surface area contributed by atoms with Crippen LogP contribution in [0.25, 0.3) is 0 Å². The summed E-state index contributed by atoms with van der Waals surface area (Å²) in [6.45, 7) is 0. The third kappa shape index (κ3) is 4.48. The molecule has 26 heavy (non-hydrogen) atoms. The Morgan fingerprint density at radius 2 is 1.73 bits per heavy atom. The van der Waals surface area contributed by atoms with Crippen LogP contribution in [0.3, 0.4) is 0 Å². The number of hydrogen-bond donors (Lipinski definition) is 2. The highest BCUT2D eigenvalue weighted by atomic mass is 32.1. The largest absolute Gasteiger partial charge is 0.494 e. The summed E-state index contributed by atoms with van der Waals surface area (Å²) in [5, 5.41) is 26.5. The van der Waals surface area contributed by atoms with Crippen molar-refractivity contribution in [1.82, 2.24) is 5.32 Å². The van der Waals surface area contributed by atoms with Crippen LogP contribution in [0.5, 0.6) is 5.75 Å². The molecule has 0 saturated carbocycles. The molecule has 0 atom stereocenters. The fourth-order valence-corrected chi connectivity index (χ4v) is 2.19. The van der Waals surface area contributed by atoms with Gasteiger partial charge in [0, 0.05) is 23.8 Å². The van der Waals surface area contributed by atoms with Gasteiger partial charge in [0.1, 0.15) is 5.75 Å². The number of nitrogens with zero attached hydrogens (tertiary/aromatic N) is 2. The van der Waals surface area contributed by atoms with Gasteiger partial charge in [-0.3, -0.25) is 30.3 Å². The Morgan fingerprint density at radius 1 is 1.08 bits per heavy atom. The van der Waals surface area contributed by atoms with Gasteiger partial charge in [-0.15, -0.1) is 0 Å². The molecule has 2 N–H and O–H groups in total. The SMILES string of the molecule is COc1cc([N+](=O)[O-])ccc1NC(=S)NC(=O)c1cccc([N+](=O)[O-])c1. The van der Waals surface area contributed by atoms with Gasteiger partial charge in [0.2, 0.25) is 0 Å². The van der Waals surface area contributed by atoms with E-state index in [4.69, 9.17) is 17.0 Å². The van der Waals surface area contributed by atoms with Crippen molar-refractivity contribution in [2.24, 2.45) is 0 Å². The Labute approximate surface area is 152 Å². The maximum absolute atomic E-state index is 12.1. The lowest BCUT2D eigenvalue weighted by molar-refractivity contribution is -0.385. The molecule has 2 aromatic rings. The number of benzene rings is 2. The van der Waals surface area contributed by atoms with Gasteiger partial charge in [-0.25, -0.2) is 0 Å². The minimum absolute atomic E-state index is 0.0546. The second-order valence-corrected chi connectivity index (χ2v) is 5.27. The van der Waals surface area contributed by atoms with Crippen molar-refractivity contribution >= 4 is 40.3 Å². The zero-order valence-electron chi connectivity index (χ0n) is 13.3. The van der Waals surface area contributed by atoms with Gasteiger partial charge < -0.3 is 10.1 Å². The van der Waals surface area contributed by atoms with E-state index < -0.39 is 15.8 Å². The highest BCUT2D eigenvalue weighted by Crippen LogP contribution is 2.28. The van der Waals surface area contributed by atoms with Crippen LogP contribution in [0.15, 0.2) is 42.5 Å². The Bertz CT molecular complexity index is 901. The zero-order valence-corrected chi connectivity index (χ0v) is 14.1. The Morgan fingerprint density at radius 3 is 2.35 bits per heavy atom. The number of hydrogen-bond acceptors (Lipinski definition) is 7. The quantitative estimate of drug-likeness (QED) is 0.461. The third-order valence-corrected chi connectivity index (χ3v) is 3.39. The number of thiocarbonyl (C=S) groups is 1. The van der Waals surface area contributed by atoms with Crippen LogP contribution in [-0.2, 0) is 0 Å². The van der Waals surface area contributed by atoms with Crippen molar-refractivity contribution < 1.29 is 19.4 Å². The number of methoxy groups -OCH3 is 1. The molecule has 11 heteroatoms. The van der Waals surface area contributed by atoms with E-state index in [1.807, 2.05) is 0 Å². The molecule has 0 aliphatic heterocycles. The average Bonchev–Trinajstić information content (AvgIpc) is 2.61. The summed E-state index contributed by atoms with van der Waals surface area (Å²) < 4.78 is 5.05. The van der Waals surface area contributed by atoms with E-state index >= 15 is 0 Å². The Kier molecular flexibility index (Phi) is 5.75. The van der Waals surface area contributed by atoms with Gasteiger partial charge in [-0.05, 0) is 24.4 Å². The molecule has 0 aliphatic carbocycles. The molecule has 0 spiro atoms. The zero-order chi connectivity index (χ0) is 19.3. The lowest BCUT2D eigenvalue weighted by Crippen LogP contribution is -2.34. The van der Waals surface area contributed by atoms with Crippen LogP contribution in [0.4, 0.5) is 17.1 Å². The minimum atomic E-state index is -0.646. The van der Waals surface area contributed by atoms with Crippen LogP contribution in [0, 0.1) is 20.2 Å². The summed E-state index contributed by atoms with van der Waals surface area (Å²) in [6.07, 6.45) is 0. The first-order valence-corrected chi connectivity index (χ1v) is 7.42. The summed E-state index contributed by atoms with van der Waals surface area (Å²) in [6, 6.07) is 8.98. The smallest absolute Gasteiger partial charge is 0.273 e. The van der Waals surface area contributed by atoms with Crippen LogP contribution >= 0.6 is 12.2 Å². The number of nitrogens with one attached hydrogen (secondary N) is 2. The molecule has 0 radical (unpaired) electrons. The van der Waals surface area contributed by atoms with Crippen LogP contribution in [-0.4, -0.2) is 28.0 Å². The van der Waals surface area contributed by atoms with Gasteiger partial charge in [0.25, 0.3) is 17.3 Å². The lowest BCUT2D eigenvalue weighted by Gasteiger charge is -2.12.